The van der Waals surface area contributed by atoms with Crippen molar-refractivity contribution in [2.24, 2.45) is 0 Å². The van der Waals surface area contributed by atoms with Crippen molar-refractivity contribution in [2.75, 3.05) is 19.3 Å². The average molecular weight is 235 g/mol. The zero-order chi connectivity index (χ0) is 11.4. The van der Waals surface area contributed by atoms with E-state index in [0.29, 0.717) is 22.8 Å². The lowest BCUT2D eigenvalue weighted by Gasteiger charge is -2.18. The van der Waals surface area contributed by atoms with Crippen molar-refractivity contribution in [2.45, 2.75) is 13.0 Å². The topological polar surface area (TPSA) is 29.3 Å². The fraction of sp³-hybridized carbons (Fsp3) is 0.400. The van der Waals surface area contributed by atoms with Gasteiger partial charge in [0.05, 0.1) is 6.54 Å². The lowest BCUT2D eigenvalue weighted by Crippen LogP contribution is -2.24. The molecule has 0 unspecified atom stereocenters. The lowest BCUT2D eigenvalue weighted by atomic mass is 10.1. The highest BCUT2D eigenvalue weighted by Crippen LogP contribution is 2.23. The molecule has 84 valence electrons. The van der Waals surface area contributed by atoms with E-state index in [-0.39, 0.29) is 6.54 Å². The Morgan fingerprint density at radius 3 is 2.67 bits per heavy atom. The molecule has 1 aromatic carbocycles. The second-order valence-electron chi connectivity index (χ2n) is 3.40. The molecule has 0 aromatic heterocycles. The van der Waals surface area contributed by atoms with E-state index in [2.05, 4.69) is 0 Å². The second kappa shape index (κ2) is 5.28. The van der Waals surface area contributed by atoms with Gasteiger partial charge in [-0.05, 0) is 19.2 Å². The van der Waals surface area contributed by atoms with Crippen LogP contribution in [0.15, 0.2) is 18.2 Å². The third-order valence-electron chi connectivity index (χ3n) is 2.03. The van der Waals surface area contributed by atoms with Crippen LogP contribution in [0.4, 0.5) is 14.5 Å². The summed E-state index contributed by atoms with van der Waals surface area (Å²) in [6.45, 7) is 0.0422. The van der Waals surface area contributed by atoms with Crippen LogP contribution in [0.2, 0.25) is 5.02 Å². The zero-order valence-electron chi connectivity index (χ0n) is 8.38. The molecular formula is C10H13ClF2N2. The third-order valence-corrected chi connectivity index (χ3v) is 2.39. The molecule has 0 radical (unpaired) electrons. The SMILES string of the molecule is CN(Cc1c(N)cccc1Cl)CC(F)F. The zero-order valence-corrected chi connectivity index (χ0v) is 9.14. The summed E-state index contributed by atoms with van der Waals surface area (Å²) in [6, 6.07) is 5.13. The molecule has 0 atom stereocenters. The monoisotopic (exact) mass is 234 g/mol. The molecule has 1 aromatic rings. The summed E-state index contributed by atoms with van der Waals surface area (Å²) in [5.41, 5.74) is 6.93. The quantitative estimate of drug-likeness (QED) is 0.812. The highest BCUT2D eigenvalue weighted by molar-refractivity contribution is 6.31. The van der Waals surface area contributed by atoms with Crippen LogP contribution in [0.3, 0.4) is 0 Å². The Kier molecular flexibility index (Phi) is 4.29. The number of hydrogen-bond donors (Lipinski definition) is 1. The molecule has 0 saturated carbocycles. The molecule has 0 saturated heterocycles. The largest absolute Gasteiger partial charge is 0.398 e. The van der Waals surface area contributed by atoms with Crippen LogP contribution < -0.4 is 5.73 Å². The van der Waals surface area contributed by atoms with Gasteiger partial charge in [0.1, 0.15) is 0 Å². The van der Waals surface area contributed by atoms with Crippen LogP contribution in [0.5, 0.6) is 0 Å². The lowest BCUT2D eigenvalue weighted by molar-refractivity contribution is 0.0976. The first-order valence-corrected chi connectivity index (χ1v) is 4.88. The maximum absolute atomic E-state index is 12.1. The highest BCUT2D eigenvalue weighted by Gasteiger charge is 2.11. The number of nitrogen functional groups attached to an aromatic ring is 1. The molecular weight excluding hydrogens is 222 g/mol. The number of nitrogens with two attached hydrogens (primary N) is 1. The molecule has 0 aliphatic heterocycles. The van der Waals surface area contributed by atoms with Crippen molar-refractivity contribution in [3.63, 3.8) is 0 Å². The number of benzene rings is 1. The van der Waals surface area contributed by atoms with Gasteiger partial charge in [0.25, 0.3) is 6.43 Å². The fourth-order valence-electron chi connectivity index (χ4n) is 1.31. The predicted molar refractivity (Wildman–Crippen MR) is 58.2 cm³/mol. The summed E-state index contributed by atoms with van der Waals surface area (Å²) < 4.78 is 24.2. The van der Waals surface area contributed by atoms with Gasteiger partial charge < -0.3 is 5.73 Å². The van der Waals surface area contributed by atoms with Gasteiger partial charge in [0.2, 0.25) is 0 Å². The fourth-order valence-corrected chi connectivity index (χ4v) is 1.55. The average Bonchev–Trinajstić information content (AvgIpc) is 2.10. The van der Waals surface area contributed by atoms with E-state index in [1.54, 1.807) is 25.2 Å². The van der Waals surface area contributed by atoms with Gasteiger partial charge in [-0.1, -0.05) is 17.7 Å². The second-order valence-corrected chi connectivity index (χ2v) is 3.80. The third kappa shape index (κ3) is 3.64. The number of rotatable bonds is 4. The molecule has 2 nitrogen and oxygen atoms in total. The molecule has 0 bridgehead atoms. The number of hydrogen-bond acceptors (Lipinski definition) is 2. The minimum atomic E-state index is -2.35. The number of alkyl halides is 2. The van der Waals surface area contributed by atoms with Gasteiger partial charge in [0, 0.05) is 22.8 Å². The molecule has 5 heteroatoms. The normalized spacial score (nSPS) is 11.3. The van der Waals surface area contributed by atoms with Crippen molar-refractivity contribution < 1.29 is 8.78 Å². The van der Waals surface area contributed by atoms with E-state index in [9.17, 15) is 8.78 Å². The van der Waals surface area contributed by atoms with Gasteiger partial charge >= 0.3 is 0 Å². The molecule has 0 spiro atoms. The molecule has 0 aliphatic carbocycles. The predicted octanol–water partition coefficient (Wildman–Crippen LogP) is 2.62. The van der Waals surface area contributed by atoms with Crippen LogP contribution >= 0.6 is 11.6 Å². The summed E-state index contributed by atoms with van der Waals surface area (Å²) in [6.07, 6.45) is -2.35. The molecule has 2 N–H and O–H groups in total. The standard InChI is InChI=1S/C10H13ClF2N2/c1-15(6-10(12)13)5-7-8(11)3-2-4-9(7)14/h2-4,10H,5-6,14H2,1H3. The minimum Gasteiger partial charge on any atom is -0.398 e. The Morgan fingerprint density at radius 2 is 2.13 bits per heavy atom. The van der Waals surface area contributed by atoms with Crippen LogP contribution in [-0.4, -0.2) is 24.9 Å². The maximum Gasteiger partial charge on any atom is 0.251 e. The van der Waals surface area contributed by atoms with Gasteiger partial charge in [-0.15, -0.1) is 0 Å². The highest BCUT2D eigenvalue weighted by atomic mass is 35.5. The summed E-state index contributed by atoms with van der Waals surface area (Å²) in [4.78, 5) is 1.49. The number of nitrogens with zero attached hydrogens (tertiary/aromatic N) is 1. The van der Waals surface area contributed by atoms with E-state index in [1.165, 1.54) is 4.90 Å². The van der Waals surface area contributed by atoms with Gasteiger partial charge in [-0.2, -0.15) is 0 Å². The van der Waals surface area contributed by atoms with Crippen LogP contribution in [-0.2, 0) is 6.54 Å². The van der Waals surface area contributed by atoms with E-state index in [0.717, 1.165) is 0 Å². The molecule has 15 heavy (non-hydrogen) atoms. The number of anilines is 1. The summed E-state index contributed by atoms with van der Waals surface area (Å²) >= 11 is 5.92. The summed E-state index contributed by atoms with van der Waals surface area (Å²) in [5, 5.41) is 0.510. The van der Waals surface area contributed by atoms with Crippen molar-refractivity contribution >= 4 is 17.3 Å². The summed E-state index contributed by atoms with van der Waals surface area (Å²) in [7, 11) is 1.61. The summed E-state index contributed by atoms with van der Waals surface area (Å²) in [5.74, 6) is 0. The Balaban J connectivity index is 2.71. The Bertz CT molecular complexity index is 311. The first kappa shape index (κ1) is 12.2. The van der Waals surface area contributed by atoms with Crippen LogP contribution in [0, 0.1) is 0 Å². The van der Waals surface area contributed by atoms with E-state index in [1.807, 2.05) is 0 Å². The van der Waals surface area contributed by atoms with Crippen molar-refractivity contribution in [1.82, 2.24) is 4.90 Å². The molecule has 0 fully saturated rings. The van der Waals surface area contributed by atoms with E-state index in [4.69, 9.17) is 17.3 Å². The Hall–Kier alpha value is -0.870. The van der Waals surface area contributed by atoms with E-state index >= 15 is 0 Å². The first-order valence-electron chi connectivity index (χ1n) is 4.50. The van der Waals surface area contributed by atoms with Crippen LogP contribution in [0.25, 0.3) is 0 Å². The molecule has 1 rings (SSSR count). The van der Waals surface area contributed by atoms with E-state index < -0.39 is 6.43 Å². The Labute approximate surface area is 92.6 Å². The van der Waals surface area contributed by atoms with Gasteiger partial charge in [0.15, 0.2) is 0 Å². The van der Waals surface area contributed by atoms with Crippen LogP contribution in [0.1, 0.15) is 5.56 Å². The maximum atomic E-state index is 12.1. The van der Waals surface area contributed by atoms with Crippen molar-refractivity contribution in [3.05, 3.63) is 28.8 Å². The van der Waals surface area contributed by atoms with Gasteiger partial charge in [-0.25, -0.2) is 8.78 Å². The number of halogens is 3. The van der Waals surface area contributed by atoms with Crippen molar-refractivity contribution in [1.29, 1.82) is 0 Å². The Morgan fingerprint density at radius 1 is 1.47 bits per heavy atom. The first-order chi connectivity index (χ1) is 7.00. The minimum absolute atomic E-state index is 0.287. The molecule has 0 amide bonds. The molecule has 0 aliphatic rings. The smallest absolute Gasteiger partial charge is 0.251 e. The van der Waals surface area contributed by atoms with Crippen molar-refractivity contribution in [3.8, 4) is 0 Å². The molecule has 0 heterocycles. The van der Waals surface area contributed by atoms with Gasteiger partial charge in [-0.3, -0.25) is 4.90 Å².